The zero-order valence-electron chi connectivity index (χ0n) is 9.42. The maximum Gasteiger partial charge on any atom is 0.343 e. The van der Waals surface area contributed by atoms with E-state index in [4.69, 9.17) is 16.2 Å². The molecule has 2 rings (SSSR count). The van der Waals surface area contributed by atoms with E-state index in [-0.39, 0.29) is 12.4 Å². The summed E-state index contributed by atoms with van der Waals surface area (Å²) in [5.74, 6) is 0.196. The number of hydrogen-bond acceptors (Lipinski definition) is 4. The number of aliphatic imine (C=N–C) groups is 1. The summed E-state index contributed by atoms with van der Waals surface area (Å²) in [5, 5.41) is 2.61. The minimum Gasteiger partial charge on any atom is -0.484 e. The fourth-order valence-electron chi connectivity index (χ4n) is 1.58. The first kappa shape index (κ1) is 11.9. The summed E-state index contributed by atoms with van der Waals surface area (Å²) in [6, 6.07) is 5.92. The van der Waals surface area contributed by atoms with E-state index >= 15 is 0 Å². The van der Waals surface area contributed by atoms with Crippen LogP contribution in [0.3, 0.4) is 0 Å². The highest BCUT2D eigenvalue weighted by atomic mass is 16.5. The number of rotatable bonds is 4. The number of urea groups is 1. The lowest BCUT2D eigenvalue weighted by atomic mass is 10.1. The van der Waals surface area contributed by atoms with Gasteiger partial charge in [-0.1, -0.05) is 12.1 Å². The molecule has 18 heavy (non-hydrogen) atoms. The maximum atomic E-state index is 11.0. The van der Waals surface area contributed by atoms with Gasteiger partial charge < -0.3 is 21.5 Å². The minimum atomic E-state index is -0.543. The van der Waals surface area contributed by atoms with Crippen molar-refractivity contribution in [3.63, 3.8) is 0 Å². The van der Waals surface area contributed by atoms with E-state index in [1.165, 1.54) is 0 Å². The predicted molar refractivity (Wildman–Crippen MR) is 64.0 cm³/mol. The first-order valence-corrected chi connectivity index (χ1v) is 5.22. The Hall–Kier alpha value is -2.57. The Labute approximate surface area is 103 Å². The molecule has 1 heterocycles. The molecule has 0 bridgehead atoms. The smallest absolute Gasteiger partial charge is 0.343 e. The minimum absolute atomic E-state index is 0.177. The van der Waals surface area contributed by atoms with Gasteiger partial charge in [0.05, 0.1) is 0 Å². The zero-order valence-corrected chi connectivity index (χ0v) is 9.42. The Kier molecular flexibility index (Phi) is 3.13. The van der Waals surface area contributed by atoms with Gasteiger partial charge in [-0.2, -0.15) is 4.99 Å². The van der Waals surface area contributed by atoms with Crippen molar-refractivity contribution in [2.75, 3.05) is 6.61 Å². The first-order valence-electron chi connectivity index (χ1n) is 5.22. The standard InChI is InChI=1S/C11H12N4O3/c12-8(16)5-18-7-3-1-6(2-4-7)9-10(13)15-11(17)14-9/h1-4,9H,5H2,(H2,12,16)(H3,13,14,15,17). The van der Waals surface area contributed by atoms with Crippen molar-refractivity contribution in [2.45, 2.75) is 6.04 Å². The van der Waals surface area contributed by atoms with Crippen LogP contribution in [0.25, 0.3) is 0 Å². The number of nitrogens with zero attached hydrogens (tertiary/aromatic N) is 1. The molecule has 1 atom stereocenters. The van der Waals surface area contributed by atoms with Gasteiger partial charge in [-0.15, -0.1) is 0 Å². The molecule has 3 amide bonds. The fraction of sp³-hybridized carbons (Fsp3) is 0.182. The summed E-state index contributed by atoms with van der Waals surface area (Å²) in [6.45, 7) is -0.177. The first-order chi connectivity index (χ1) is 8.56. The van der Waals surface area contributed by atoms with E-state index in [1.807, 2.05) is 0 Å². The van der Waals surface area contributed by atoms with Crippen LogP contribution >= 0.6 is 0 Å². The third-order valence-electron chi connectivity index (χ3n) is 2.39. The third-order valence-corrected chi connectivity index (χ3v) is 2.39. The van der Waals surface area contributed by atoms with E-state index in [2.05, 4.69) is 10.3 Å². The van der Waals surface area contributed by atoms with Crippen molar-refractivity contribution in [1.29, 1.82) is 0 Å². The quantitative estimate of drug-likeness (QED) is 0.675. The van der Waals surface area contributed by atoms with E-state index < -0.39 is 18.0 Å². The Bertz CT molecular complexity index is 510. The molecule has 0 saturated heterocycles. The molecule has 94 valence electrons. The molecule has 7 heteroatoms. The Morgan fingerprint density at radius 3 is 2.56 bits per heavy atom. The number of nitrogens with one attached hydrogen (secondary N) is 1. The number of carbonyl (C=O) groups excluding carboxylic acids is 2. The average Bonchev–Trinajstić information content (AvgIpc) is 2.66. The third kappa shape index (κ3) is 2.57. The summed E-state index contributed by atoms with van der Waals surface area (Å²) in [7, 11) is 0. The molecule has 0 saturated carbocycles. The lowest BCUT2D eigenvalue weighted by molar-refractivity contribution is -0.119. The van der Waals surface area contributed by atoms with Gasteiger partial charge in [0.2, 0.25) is 0 Å². The average molecular weight is 248 g/mol. The molecular formula is C11H12N4O3. The Balaban J connectivity index is 2.06. The van der Waals surface area contributed by atoms with Gasteiger partial charge in [0.25, 0.3) is 5.91 Å². The number of amidine groups is 1. The van der Waals surface area contributed by atoms with Crippen molar-refractivity contribution in [1.82, 2.24) is 5.32 Å². The fourth-order valence-corrected chi connectivity index (χ4v) is 1.58. The molecule has 1 aromatic rings. The number of amides is 3. The van der Waals surface area contributed by atoms with Crippen LogP contribution in [0, 0.1) is 0 Å². The number of nitrogens with two attached hydrogens (primary N) is 2. The molecule has 0 aromatic heterocycles. The number of primary amides is 1. The van der Waals surface area contributed by atoms with Gasteiger partial charge in [-0.25, -0.2) is 4.79 Å². The van der Waals surface area contributed by atoms with Crippen molar-refractivity contribution in [2.24, 2.45) is 16.5 Å². The maximum absolute atomic E-state index is 11.0. The lowest BCUT2D eigenvalue weighted by Gasteiger charge is -2.11. The van der Waals surface area contributed by atoms with Crippen LogP contribution in [0.1, 0.15) is 11.6 Å². The highest BCUT2D eigenvalue weighted by molar-refractivity contribution is 6.03. The van der Waals surface area contributed by atoms with E-state index in [9.17, 15) is 9.59 Å². The van der Waals surface area contributed by atoms with Crippen LogP contribution in [-0.4, -0.2) is 24.4 Å². The highest BCUT2D eigenvalue weighted by Gasteiger charge is 2.24. The molecule has 0 aliphatic carbocycles. The summed E-state index contributed by atoms with van der Waals surface area (Å²) in [6.07, 6.45) is 0. The second-order valence-corrected chi connectivity index (χ2v) is 3.74. The van der Waals surface area contributed by atoms with Crippen molar-refractivity contribution >= 4 is 17.8 Å². The Morgan fingerprint density at radius 2 is 2.06 bits per heavy atom. The van der Waals surface area contributed by atoms with Crippen LogP contribution in [-0.2, 0) is 4.79 Å². The van der Waals surface area contributed by atoms with Gasteiger partial charge >= 0.3 is 6.03 Å². The molecule has 1 unspecified atom stereocenters. The van der Waals surface area contributed by atoms with Gasteiger partial charge in [-0.3, -0.25) is 4.79 Å². The topological polar surface area (TPSA) is 120 Å². The number of hydrogen-bond donors (Lipinski definition) is 3. The van der Waals surface area contributed by atoms with Crippen molar-refractivity contribution in [3.8, 4) is 5.75 Å². The van der Waals surface area contributed by atoms with E-state index in [1.54, 1.807) is 24.3 Å². The molecule has 0 fully saturated rings. The number of carbonyl (C=O) groups is 2. The molecule has 7 nitrogen and oxygen atoms in total. The van der Waals surface area contributed by atoms with Gasteiger partial charge in [-0.05, 0) is 17.7 Å². The van der Waals surface area contributed by atoms with Crippen LogP contribution < -0.4 is 21.5 Å². The summed E-state index contributed by atoms with van der Waals surface area (Å²) in [5.41, 5.74) is 11.4. The Morgan fingerprint density at radius 1 is 1.39 bits per heavy atom. The molecule has 5 N–H and O–H groups in total. The summed E-state index contributed by atoms with van der Waals surface area (Å²) in [4.78, 5) is 25.2. The van der Waals surface area contributed by atoms with E-state index in [0.717, 1.165) is 5.56 Å². The van der Waals surface area contributed by atoms with Crippen LogP contribution in [0.5, 0.6) is 5.75 Å². The number of benzene rings is 1. The van der Waals surface area contributed by atoms with Gasteiger partial charge in [0.15, 0.2) is 6.61 Å². The van der Waals surface area contributed by atoms with E-state index in [0.29, 0.717) is 5.75 Å². The summed E-state index contributed by atoms with van der Waals surface area (Å²) >= 11 is 0. The monoisotopic (exact) mass is 248 g/mol. The lowest BCUT2D eigenvalue weighted by Crippen LogP contribution is -2.27. The van der Waals surface area contributed by atoms with Crippen LogP contribution in [0.15, 0.2) is 29.3 Å². The van der Waals surface area contributed by atoms with Crippen molar-refractivity contribution < 1.29 is 14.3 Å². The van der Waals surface area contributed by atoms with Gasteiger partial charge in [0.1, 0.15) is 17.6 Å². The van der Waals surface area contributed by atoms with Crippen LogP contribution in [0.2, 0.25) is 0 Å². The highest BCUT2D eigenvalue weighted by Crippen LogP contribution is 2.20. The van der Waals surface area contributed by atoms with Gasteiger partial charge in [0, 0.05) is 0 Å². The molecule has 0 radical (unpaired) electrons. The SMILES string of the molecule is NC(=O)COc1ccc(C2NC(=O)N=C2N)cc1. The molecule has 1 aliphatic rings. The number of ether oxygens (including phenoxy) is 1. The normalized spacial score (nSPS) is 18.1. The zero-order chi connectivity index (χ0) is 13.1. The van der Waals surface area contributed by atoms with Crippen LogP contribution in [0.4, 0.5) is 4.79 Å². The second kappa shape index (κ2) is 4.74. The molecular weight excluding hydrogens is 236 g/mol. The molecule has 1 aromatic carbocycles. The van der Waals surface area contributed by atoms with Crippen molar-refractivity contribution in [3.05, 3.63) is 29.8 Å². The molecule has 1 aliphatic heterocycles. The molecule has 0 spiro atoms. The summed E-state index contributed by atoms with van der Waals surface area (Å²) < 4.78 is 5.11. The second-order valence-electron chi connectivity index (χ2n) is 3.74. The predicted octanol–water partition coefficient (Wildman–Crippen LogP) is -0.328. The largest absolute Gasteiger partial charge is 0.484 e.